The van der Waals surface area contributed by atoms with E-state index in [-0.39, 0.29) is 47.2 Å². The van der Waals surface area contributed by atoms with Crippen molar-refractivity contribution in [2.24, 2.45) is 0 Å². The monoisotopic (exact) mass is 256 g/mol. The van der Waals surface area contributed by atoms with Crippen LogP contribution in [-0.2, 0) is 4.79 Å². The smallest absolute Gasteiger partial charge is 0.549 e. The fourth-order valence-corrected chi connectivity index (χ4v) is 1.22. The SMILES string of the molecule is CC(C(=O)[O-])c1nc(N)nc(-c2ccco2)n1.[Na+]. The van der Waals surface area contributed by atoms with Gasteiger partial charge in [0.1, 0.15) is 5.82 Å². The van der Waals surface area contributed by atoms with Crippen molar-refractivity contribution >= 4 is 11.9 Å². The fraction of sp³-hybridized carbons (Fsp3) is 0.200. The number of carbonyl (C=O) groups is 1. The van der Waals surface area contributed by atoms with E-state index < -0.39 is 11.9 Å². The molecule has 0 aliphatic rings. The van der Waals surface area contributed by atoms with Crippen molar-refractivity contribution in [2.75, 3.05) is 5.73 Å². The minimum absolute atomic E-state index is 0. The van der Waals surface area contributed by atoms with Gasteiger partial charge in [-0.25, -0.2) is 4.98 Å². The molecule has 0 aliphatic heterocycles. The van der Waals surface area contributed by atoms with Crippen molar-refractivity contribution in [1.82, 2.24) is 15.0 Å². The van der Waals surface area contributed by atoms with Crippen LogP contribution < -0.4 is 40.4 Å². The maximum atomic E-state index is 10.7. The molecule has 88 valence electrons. The Morgan fingerprint density at radius 2 is 2.17 bits per heavy atom. The van der Waals surface area contributed by atoms with Crippen molar-refractivity contribution in [1.29, 1.82) is 0 Å². The van der Waals surface area contributed by atoms with Crippen LogP contribution >= 0.6 is 0 Å². The molecule has 0 aromatic carbocycles. The minimum Gasteiger partial charge on any atom is -0.549 e. The summed E-state index contributed by atoms with van der Waals surface area (Å²) < 4.78 is 5.10. The van der Waals surface area contributed by atoms with Gasteiger partial charge in [0.15, 0.2) is 5.76 Å². The van der Waals surface area contributed by atoms with Gasteiger partial charge in [-0.05, 0) is 19.1 Å². The molecule has 0 fully saturated rings. The Morgan fingerprint density at radius 1 is 1.44 bits per heavy atom. The average Bonchev–Trinajstić information content (AvgIpc) is 2.80. The number of nitrogens with two attached hydrogens (primary N) is 1. The summed E-state index contributed by atoms with van der Waals surface area (Å²) in [6.45, 7) is 1.41. The molecule has 8 heteroatoms. The van der Waals surface area contributed by atoms with Crippen LogP contribution in [0.15, 0.2) is 22.8 Å². The van der Waals surface area contributed by atoms with Gasteiger partial charge in [0.05, 0.1) is 18.2 Å². The molecule has 0 saturated carbocycles. The molecule has 0 spiro atoms. The molecule has 0 bridgehead atoms. The number of aromatic nitrogens is 3. The molecule has 2 aromatic heterocycles. The molecule has 0 amide bonds. The van der Waals surface area contributed by atoms with Gasteiger partial charge in [-0.1, -0.05) is 0 Å². The molecular weight excluding hydrogens is 247 g/mol. The van der Waals surface area contributed by atoms with Crippen molar-refractivity contribution in [3.05, 3.63) is 24.2 Å². The molecule has 2 N–H and O–H groups in total. The van der Waals surface area contributed by atoms with E-state index >= 15 is 0 Å². The third-order valence-corrected chi connectivity index (χ3v) is 2.15. The Labute approximate surface area is 125 Å². The Bertz CT molecular complexity index is 544. The number of carboxylic acids is 1. The maximum absolute atomic E-state index is 10.7. The van der Waals surface area contributed by atoms with Crippen LogP contribution in [0.5, 0.6) is 0 Å². The van der Waals surface area contributed by atoms with E-state index in [1.54, 1.807) is 12.1 Å². The Morgan fingerprint density at radius 3 is 2.72 bits per heavy atom. The van der Waals surface area contributed by atoms with Crippen LogP contribution in [0.25, 0.3) is 11.6 Å². The number of carbonyl (C=O) groups excluding carboxylic acids is 1. The van der Waals surface area contributed by atoms with E-state index in [9.17, 15) is 9.90 Å². The first-order valence-electron chi connectivity index (χ1n) is 4.84. The summed E-state index contributed by atoms with van der Waals surface area (Å²) in [5.74, 6) is -1.66. The quantitative estimate of drug-likeness (QED) is 0.568. The van der Waals surface area contributed by atoms with Crippen molar-refractivity contribution in [3.63, 3.8) is 0 Å². The first kappa shape index (κ1) is 14.6. The van der Waals surface area contributed by atoms with Crippen LogP contribution in [0.2, 0.25) is 0 Å². The van der Waals surface area contributed by atoms with E-state index in [1.165, 1.54) is 13.2 Å². The van der Waals surface area contributed by atoms with Gasteiger partial charge in [-0.2, -0.15) is 9.97 Å². The van der Waals surface area contributed by atoms with Crippen LogP contribution in [0.4, 0.5) is 5.95 Å². The summed E-state index contributed by atoms with van der Waals surface area (Å²) in [7, 11) is 0. The molecule has 18 heavy (non-hydrogen) atoms. The largest absolute Gasteiger partial charge is 1.00 e. The van der Waals surface area contributed by atoms with Gasteiger partial charge in [0.25, 0.3) is 0 Å². The van der Waals surface area contributed by atoms with Crippen molar-refractivity contribution < 1.29 is 43.9 Å². The number of carboxylic acid groups (broad SMARTS) is 1. The number of aliphatic carboxylic acids is 1. The second-order valence-electron chi connectivity index (χ2n) is 3.39. The van der Waals surface area contributed by atoms with Gasteiger partial charge >= 0.3 is 29.6 Å². The summed E-state index contributed by atoms with van der Waals surface area (Å²) in [6.07, 6.45) is 1.46. The molecule has 2 aromatic rings. The van der Waals surface area contributed by atoms with E-state index in [0.717, 1.165) is 0 Å². The van der Waals surface area contributed by atoms with Crippen molar-refractivity contribution in [3.8, 4) is 11.6 Å². The Hall–Kier alpha value is -1.44. The second-order valence-corrected chi connectivity index (χ2v) is 3.39. The molecule has 0 aliphatic carbocycles. The molecule has 2 rings (SSSR count). The van der Waals surface area contributed by atoms with Crippen molar-refractivity contribution in [2.45, 2.75) is 12.8 Å². The standard InChI is InChI=1S/C10H10N4O3.Na/c1-5(9(15)16)7-12-8(14-10(11)13-7)6-3-2-4-17-6;/h2-5H,1H3,(H,15,16)(H2,11,12,13,14);/q;+1/p-1. The summed E-state index contributed by atoms with van der Waals surface area (Å²) in [6, 6.07) is 3.30. The van der Waals surface area contributed by atoms with E-state index in [2.05, 4.69) is 15.0 Å². The number of nitrogens with zero attached hydrogens (tertiary/aromatic N) is 3. The van der Waals surface area contributed by atoms with Crippen LogP contribution in [0.1, 0.15) is 18.7 Å². The Balaban J connectivity index is 0.00000162. The van der Waals surface area contributed by atoms with Crippen LogP contribution in [0, 0.1) is 0 Å². The first-order valence-corrected chi connectivity index (χ1v) is 4.84. The summed E-state index contributed by atoms with van der Waals surface area (Å²) in [5, 5.41) is 10.7. The molecular formula is C10H9N4NaO3. The summed E-state index contributed by atoms with van der Waals surface area (Å²) >= 11 is 0. The number of nitrogen functional groups attached to an aromatic ring is 1. The molecule has 0 saturated heterocycles. The molecule has 1 atom stereocenters. The predicted molar refractivity (Wildman–Crippen MR) is 55.4 cm³/mol. The van der Waals surface area contributed by atoms with E-state index in [4.69, 9.17) is 10.2 Å². The zero-order valence-electron chi connectivity index (χ0n) is 9.95. The first-order chi connectivity index (χ1) is 8.08. The predicted octanol–water partition coefficient (Wildman–Crippen LogP) is -3.43. The third kappa shape index (κ3) is 3.06. The van der Waals surface area contributed by atoms with E-state index in [0.29, 0.717) is 5.76 Å². The number of hydrogen-bond acceptors (Lipinski definition) is 7. The second kappa shape index (κ2) is 5.94. The molecule has 1 unspecified atom stereocenters. The fourth-order valence-electron chi connectivity index (χ4n) is 1.22. The van der Waals surface area contributed by atoms with Gasteiger partial charge in [-0.15, -0.1) is 0 Å². The number of rotatable bonds is 3. The number of hydrogen-bond donors (Lipinski definition) is 1. The van der Waals surface area contributed by atoms with E-state index in [1.807, 2.05) is 0 Å². The number of anilines is 1. The zero-order valence-corrected chi connectivity index (χ0v) is 12.0. The Kier molecular flexibility index (Phi) is 4.83. The van der Waals surface area contributed by atoms with Gasteiger partial charge in [0.2, 0.25) is 11.8 Å². The number of furan rings is 1. The average molecular weight is 256 g/mol. The summed E-state index contributed by atoms with van der Waals surface area (Å²) in [4.78, 5) is 22.3. The van der Waals surface area contributed by atoms with Crippen LogP contribution in [-0.4, -0.2) is 20.9 Å². The maximum Gasteiger partial charge on any atom is 1.00 e. The zero-order chi connectivity index (χ0) is 12.4. The summed E-state index contributed by atoms with van der Waals surface area (Å²) in [5.41, 5.74) is 5.49. The topological polar surface area (TPSA) is 118 Å². The van der Waals surface area contributed by atoms with Gasteiger partial charge in [-0.3, -0.25) is 0 Å². The minimum atomic E-state index is -1.28. The molecule has 7 nitrogen and oxygen atoms in total. The van der Waals surface area contributed by atoms with Gasteiger partial charge < -0.3 is 20.1 Å². The normalized spacial score (nSPS) is 11.6. The van der Waals surface area contributed by atoms with Crippen LogP contribution in [0.3, 0.4) is 0 Å². The molecule has 0 radical (unpaired) electrons. The third-order valence-electron chi connectivity index (χ3n) is 2.15. The van der Waals surface area contributed by atoms with Gasteiger partial charge in [0, 0.05) is 0 Å². The molecule has 2 heterocycles.